The van der Waals surface area contributed by atoms with Gasteiger partial charge in [0, 0.05) is 18.4 Å². The van der Waals surface area contributed by atoms with E-state index in [0.717, 1.165) is 13.8 Å². The minimum atomic E-state index is -5.85. The van der Waals surface area contributed by atoms with Gasteiger partial charge in [0.15, 0.2) is 0 Å². The number of halogens is 8. The average Bonchev–Trinajstić information content (AvgIpc) is 2.86. The van der Waals surface area contributed by atoms with Crippen LogP contribution in [0.3, 0.4) is 0 Å². The van der Waals surface area contributed by atoms with Crippen molar-refractivity contribution in [3.63, 3.8) is 0 Å². The number of hydrogen-bond acceptors (Lipinski definition) is 3. The highest BCUT2D eigenvalue weighted by atomic mass is 19.4. The number of alkyl halides is 8. The average molecular weight is 501 g/mol. The van der Waals surface area contributed by atoms with E-state index in [1.807, 2.05) is 0 Å². The van der Waals surface area contributed by atoms with Crippen LogP contribution >= 0.6 is 0 Å². The Bertz CT molecular complexity index is 650. The fraction of sp³-hybridized carbons (Fsp3) is 1.00. The minimum absolute atomic E-state index is 0.0676. The largest absolute Gasteiger partial charge is 0.423 e. The summed E-state index contributed by atoms with van der Waals surface area (Å²) in [7, 11) is 1.28. The molecule has 0 bridgehead atoms. The second-order valence-electron chi connectivity index (χ2n) is 10.2. The van der Waals surface area contributed by atoms with Crippen LogP contribution in [0.1, 0.15) is 67.2 Å². The molecule has 0 aromatic heterocycles. The van der Waals surface area contributed by atoms with Crippen molar-refractivity contribution in [3.05, 3.63) is 0 Å². The van der Waals surface area contributed by atoms with Gasteiger partial charge in [-0.2, -0.15) is 22.0 Å². The SMILES string of the molecule is CCC(C)(C)CC1CC(OCOCCOC)(C(F)(F)F)C(F)(F)C1(F)C(F)(F)C(C)(C)CC. The summed E-state index contributed by atoms with van der Waals surface area (Å²) in [6, 6.07) is 0. The van der Waals surface area contributed by atoms with Gasteiger partial charge in [-0.25, -0.2) is 13.2 Å². The molecule has 0 N–H and O–H groups in total. The third-order valence-corrected chi connectivity index (χ3v) is 7.29. The highest BCUT2D eigenvalue weighted by Crippen LogP contribution is 2.70. The van der Waals surface area contributed by atoms with Gasteiger partial charge in [0.2, 0.25) is 11.3 Å². The first-order valence-corrected chi connectivity index (χ1v) is 11.0. The summed E-state index contributed by atoms with van der Waals surface area (Å²) >= 11 is 0. The molecule has 1 aliphatic rings. The molecule has 11 heteroatoms. The van der Waals surface area contributed by atoms with E-state index in [0.29, 0.717) is 0 Å². The minimum Gasteiger partial charge on any atom is -0.382 e. The lowest BCUT2D eigenvalue weighted by atomic mass is 9.66. The van der Waals surface area contributed by atoms with Crippen molar-refractivity contribution < 1.29 is 49.3 Å². The molecule has 1 rings (SSSR count). The second kappa shape index (κ2) is 9.76. The molecule has 1 aliphatic carbocycles. The van der Waals surface area contributed by atoms with Gasteiger partial charge in [-0.15, -0.1) is 0 Å². The monoisotopic (exact) mass is 500 g/mol. The molecule has 0 heterocycles. The van der Waals surface area contributed by atoms with Crippen LogP contribution in [0, 0.1) is 16.7 Å². The van der Waals surface area contributed by atoms with Gasteiger partial charge in [0.05, 0.1) is 13.2 Å². The van der Waals surface area contributed by atoms with E-state index >= 15 is 22.0 Å². The Morgan fingerprint density at radius 1 is 0.879 bits per heavy atom. The van der Waals surface area contributed by atoms with E-state index in [1.165, 1.54) is 27.9 Å². The van der Waals surface area contributed by atoms with Crippen molar-refractivity contribution >= 4 is 0 Å². The van der Waals surface area contributed by atoms with E-state index < -0.39 is 72.1 Å². The maximum absolute atomic E-state index is 16.4. The molecule has 0 spiro atoms. The Hall–Kier alpha value is -0.680. The smallest absolute Gasteiger partial charge is 0.382 e. The standard InChI is InChI=1S/C22H36F8O3/c1-8-16(3,4)12-15-13-18(22(28,29)30,33-14-32-11-10-31-7)21(26,27)19(15,23)20(24,25)17(5,6)9-2/h15H,8-14H2,1-7H3. The molecule has 3 nitrogen and oxygen atoms in total. The lowest BCUT2D eigenvalue weighted by Crippen LogP contribution is -2.70. The Balaban J connectivity index is 3.72. The quantitative estimate of drug-likeness (QED) is 0.161. The Labute approximate surface area is 190 Å². The molecular weight excluding hydrogens is 464 g/mol. The first kappa shape index (κ1) is 30.4. The normalized spacial score (nSPS) is 29.0. The van der Waals surface area contributed by atoms with Crippen LogP contribution in [0.2, 0.25) is 0 Å². The van der Waals surface area contributed by atoms with Crippen LogP contribution in [0.15, 0.2) is 0 Å². The summed E-state index contributed by atoms with van der Waals surface area (Å²) in [5.41, 5.74) is -12.6. The van der Waals surface area contributed by atoms with E-state index in [4.69, 9.17) is 4.74 Å². The fourth-order valence-corrected chi connectivity index (χ4v) is 4.23. The summed E-state index contributed by atoms with van der Waals surface area (Å²) in [5.74, 6) is -12.7. The summed E-state index contributed by atoms with van der Waals surface area (Å²) in [5, 5.41) is 0. The van der Waals surface area contributed by atoms with Gasteiger partial charge in [-0.3, -0.25) is 0 Å². The third-order valence-electron chi connectivity index (χ3n) is 7.29. The molecule has 0 aliphatic heterocycles. The van der Waals surface area contributed by atoms with Crippen molar-refractivity contribution in [3.8, 4) is 0 Å². The molecule has 0 saturated heterocycles. The number of methoxy groups -OCH3 is 1. The van der Waals surface area contributed by atoms with E-state index in [9.17, 15) is 13.2 Å². The maximum Gasteiger partial charge on any atom is 0.423 e. The maximum atomic E-state index is 16.4. The van der Waals surface area contributed by atoms with Crippen molar-refractivity contribution in [2.24, 2.45) is 16.7 Å². The van der Waals surface area contributed by atoms with Crippen LogP contribution in [-0.4, -0.2) is 56.4 Å². The summed E-state index contributed by atoms with van der Waals surface area (Å²) in [6.45, 7) is 5.98. The van der Waals surface area contributed by atoms with Gasteiger partial charge in [-0.05, 0) is 24.7 Å². The van der Waals surface area contributed by atoms with Crippen LogP contribution in [0.4, 0.5) is 35.1 Å². The van der Waals surface area contributed by atoms with Crippen LogP contribution < -0.4 is 0 Å². The Kier molecular flexibility index (Phi) is 8.97. The van der Waals surface area contributed by atoms with Gasteiger partial charge < -0.3 is 14.2 Å². The van der Waals surface area contributed by atoms with Crippen molar-refractivity contribution in [2.45, 2.75) is 96.5 Å². The van der Waals surface area contributed by atoms with Gasteiger partial charge >= 0.3 is 12.1 Å². The van der Waals surface area contributed by atoms with Gasteiger partial charge in [0.1, 0.15) is 6.79 Å². The molecule has 1 saturated carbocycles. The molecule has 0 radical (unpaired) electrons. The molecule has 3 unspecified atom stereocenters. The van der Waals surface area contributed by atoms with Crippen LogP contribution in [0.25, 0.3) is 0 Å². The molecule has 33 heavy (non-hydrogen) atoms. The zero-order chi connectivity index (χ0) is 26.1. The predicted molar refractivity (Wildman–Crippen MR) is 107 cm³/mol. The molecular formula is C22H36F8O3. The van der Waals surface area contributed by atoms with Crippen LogP contribution in [-0.2, 0) is 14.2 Å². The zero-order valence-corrected chi connectivity index (χ0v) is 20.3. The summed E-state index contributed by atoms with van der Waals surface area (Å²) < 4.78 is 135. The zero-order valence-electron chi connectivity index (χ0n) is 20.3. The number of hydrogen-bond donors (Lipinski definition) is 0. The number of rotatable bonds is 12. The van der Waals surface area contributed by atoms with E-state index in [-0.39, 0.29) is 19.6 Å². The number of ether oxygens (including phenoxy) is 3. The van der Waals surface area contributed by atoms with Crippen molar-refractivity contribution in [1.82, 2.24) is 0 Å². The lowest BCUT2D eigenvalue weighted by molar-refractivity contribution is -0.385. The second-order valence-corrected chi connectivity index (χ2v) is 10.2. The first-order valence-electron chi connectivity index (χ1n) is 11.0. The van der Waals surface area contributed by atoms with Gasteiger partial charge in [0.25, 0.3) is 5.92 Å². The molecule has 1 fully saturated rings. The molecule has 198 valence electrons. The topological polar surface area (TPSA) is 27.7 Å². The highest BCUT2D eigenvalue weighted by Gasteiger charge is 2.91. The molecule has 0 aromatic rings. The molecule has 3 atom stereocenters. The summed E-state index contributed by atoms with van der Waals surface area (Å²) in [4.78, 5) is 0. The molecule has 0 aromatic carbocycles. The summed E-state index contributed by atoms with van der Waals surface area (Å²) in [6.07, 6.45) is -8.31. The van der Waals surface area contributed by atoms with Crippen molar-refractivity contribution in [2.75, 3.05) is 27.1 Å². The van der Waals surface area contributed by atoms with Crippen molar-refractivity contribution in [1.29, 1.82) is 0 Å². The van der Waals surface area contributed by atoms with E-state index in [2.05, 4.69) is 9.47 Å². The third kappa shape index (κ3) is 4.87. The highest BCUT2D eigenvalue weighted by molar-refractivity contribution is 5.26. The van der Waals surface area contributed by atoms with E-state index in [1.54, 1.807) is 6.92 Å². The predicted octanol–water partition coefficient (Wildman–Crippen LogP) is 7.19. The fourth-order valence-electron chi connectivity index (χ4n) is 4.23. The lowest BCUT2D eigenvalue weighted by Gasteiger charge is -2.48. The van der Waals surface area contributed by atoms with Gasteiger partial charge in [-0.1, -0.05) is 48.0 Å². The Morgan fingerprint density at radius 2 is 1.42 bits per heavy atom. The Morgan fingerprint density at radius 3 is 1.85 bits per heavy atom. The first-order chi connectivity index (χ1) is 14.7. The molecule has 0 amide bonds. The van der Waals surface area contributed by atoms with Crippen LogP contribution in [0.5, 0.6) is 0 Å².